The smallest absolute Gasteiger partial charge is 0.0159 e. The van der Waals surface area contributed by atoms with Crippen LogP contribution in [0.15, 0.2) is 11.3 Å². The molecular weight excluding hydrogens is 136 g/mol. The molecule has 0 saturated carbocycles. The molecule has 11 heavy (non-hydrogen) atoms. The molecular formula is C9H20N2. The Morgan fingerprint density at radius 1 is 1.09 bits per heavy atom. The molecule has 0 saturated heterocycles. The predicted octanol–water partition coefficient (Wildman–Crippen LogP) is 1.47. The van der Waals surface area contributed by atoms with Crippen molar-refractivity contribution in [1.29, 1.82) is 0 Å². The topological polar surface area (TPSA) is 52.0 Å². The van der Waals surface area contributed by atoms with Crippen LogP contribution in [0.4, 0.5) is 0 Å². The molecule has 0 fully saturated rings. The van der Waals surface area contributed by atoms with E-state index in [1.807, 2.05) is 0 Å². The Hall–Kier alpha value is -0.500. The standard InChI is InChI=1S/C9H20N2/c1-6(2)8(5-10)9(11)7(3)4/h6-7H,5,10-11H2,1-4H3. The minimum atomic E-state index is 0.413. The first-order chi connectivity index (χ1) is 5.00. The predicted molar refractivity (Wildman–Crippen MR) is 49.9 cm³/mol. The summed E-state index contributed by atoms with van der Waals surface area (Å²) in [6.45, 7) is 9.01. The Balaban J connectivity index is 4.54. The number of nitrogens with two attached hydrogens (primary N) is 2. The van der Waals surface area contributed by atoms with E-state index in [1.54, 1.807) is 0 Å². The number of hydrogen-bond donors (Lipinski definition) is 2. The van der Waals surface area contributed by atoms with Crippen molar-refractivity contribution in [1.82, 2.24) is 0 Å². The maximum absolute atomic E-state index is 5.87. The van der Waals surface area contributed by atoms with Gasteiger partial charge in [0.25, 0.3) is 0 Å². The van der Waals surface area contributed by atoms with Crippen molar-refractivity contribution < 1.29 is 0 Å². The van der Waals surface area contributed by atoms with E-state index in [9.17, 15) is 0 Å². The lowest BCUT2D eigenvalue weighted by Crippen LogP contribution is -2.18. The van der Waals surface area contributed by atoms with E-state index in [0.29, 0.717) is 18.4 Å². The average molecular weight is 156 g/mol. The van der Waals surface area contributed by atoms with Gasteiger partial charge in [0.2, 0.25) is 0 Å². The van der Waals surface area contributed by atoms with Gasteiger partial charge in [-0.05, 0) is 17.4 Å². The SMILES string of the molecule is CC(C)C(N)=C(CN)C(C)C. The summed E-state index contributed by atoms with van der Waals surface area (Å²) < 4.78 is 0. The highest BCUT2D eigenvalue weighted by Gasteiger charge is 2.08. The monoisotopic (exact) mass is 156 g/mol. The van der Waals surface area contributed by atoms with E-state index in [4.69, 9.17) is 11.5 Å². The average Bonchev–Trinajstić information content (AvgIpc) is 1.88. The highest BCUT2D eigenvalue weighted by Crippen LogP contribution is 2.15. The summed E-state index contributed by atoms with van der Waals surface area (Å²) >= 11 is 0. The van der Waals surface area contributed by atoms with Gasteiger partial charge in [0, 0.05) is 12.2 Å². The highest BCUT2D eigenvalue weighted by molar-refractivity contribution is 5.15. The van der Waals surface area contributed by atoms with Gasteiger partial charge in [-0.25, -0.2) is 0 Å². The third-order valence-corrected chi connectivity index (χ3v) is 1.91. The molecule has 0 atom stereocenters. The molecule has 66 valence electrons. The minimum absolute atomic E-state index is 0.413. The summed E-state index contributed by atoms with van der Waals surface area (Å²) in [5.74, 6) is 0.887. The van der Waals surface area contributed by atoms with Crippen molar-refractivity contribution in [3.8, 4) is 0 Å². The van der Waals surface area contributed by atoms with Crippen LogP contribution in [0.3, 0.4) is 0 Å². The van der Waals surface area contributed by atoms with Crippen LogP contribution >= 0.6 is 0 Å². The van der Waals surface area contributed by atoms with Crippen molar-refractivity contribution in [2.45, 2.75) is 27.7 Å². The lowest BCUT2D eigenvalue weighted by atomic mass is 9.96. The van der Waals surface area contributed by atoms with Gasteiger partial charge in [-0.1, -0.05) is 27.7 Å². The molecule has 0 aromatic carbocycles. The van der Waals surface area contributed by atoms with Gasteiger partial charge in [-0.2, -0.15) is 0 Å². The molecule has 4 N–H and O–H groups in total. The molecule has 0 rings (SSSR count). The molecule has 0 radical (unpaired) electrons. The zero-order chi connectivity index (χ0) is 9.02. The first kappa shape index (κ1) is 10.5. The van der Waals surface area contributed by atoms with Crippen molar-refractivity contribution in [3.63, 3.8) is 0 Å². The molecule has 0 aromatic rings. The van der Waals surface area contributed by atoms with Crippen LogP contribution in [0.2, 0.25) is 0 Å². The quantitative estimate of drug-likeness (QED) is 0.650. The second-order valence-corrected chi connectivity index (χ2v) is 3.49. The largest absolute Gasteiger partial charge is 0.402 e. The van der Waals surface area contributed by atoms with E-state index in [1.165, 1.54) is 5.57 Å². The van der Waals surface area contributed by atoms with E-state index in [2.05, 4.69) is 27.7 Å². The second-order valence-electron chi connectivity index (χ2n) is 3.49. The van der Waals surface area contributed by atoms with Crippen molar-refractivity contribution in [2.24, 2.45) is 23.3 Å². The maximum atomic E-state index is 5.87. The fraction of sp³-hybridized carbons (Fsp3) is 0.778. The molecule has 2 heteroatoms. The van der Waals surface area contributed by atoms with E-state index in [0.717, 1.165) is 5.70 Å². The van der Waals surface area contributed by atoms with Crippen LogP contribution in [-0.4, -0.2) is 6.54 Å². The Kier molecular flexibility index (Phi) is 4.19. The van der Waals surface area contributed by atoms with Gasteiger partial charge in [-0.15, -0.1) is 0 Å². The van der Waals surface area contributed by atoms with Crippen LogP contribution < -0.4 is 11.5 Å². The van der Waals surface area contributed by atoms with Gasteiger partial charge >= 0.3 is 0 Å². The summed E-state index contributed by atoms with van der Waals surface area (Å²) in [5, 5.41) is 0. The van der Waals surface area contributed by atoms with E-state index < -0.39 is 0 Å². The summed E-state index contributed by atoms with van der Waals surface area (Å²) in [6.07, 6.45) is 0. The van der Waals surface area contributed by atoms with E-state index >= 15 is 0 Å². The first-order valence-corrected chi connectivity index (χ1v) is 4.19. The zero-order valence-electron chi connectivity index (χ0n) is 8.02. The van der Waals surface area contributed by atoms with Crippen molar-refractivity contribution in [3.05, 3.63) is 11.3 Å². The molecule has 0 bridgehead atoms. The molecule has 0 unspecified atom stereocenters. The zero-order valence-corrected chi connectivity index (χ0v) is 8.02. The molecule has 0 heterocycles. The summed E-state index contributed by atoms with van der Waals surface area (Å²) in [4.78, 5) is 0. The molecule has 0 spiro atoms. The van der Waals surface area contributed by atoms with Gasteiger partial charge in [0.15, 0.2) is 0 Å². The number of hydrogen-bond acceptors (Lipinski definition) is 2. The first-order valence-electron chi connectivity index (χ1n) is 4.19. The molecule has 0 aliphatic carbocycles. The molecule has 0 aliphatic heterocycles. The van der Waals surface area contributed by atoms with Gasteiger partial charge in [0.1, 0.15) is 0 Å². The Morgan fingerprint density at radius 2 is 1.55 bits per heavy atom. The lowest BCUT2D eigenvalue weighted by Gasteiger charge is -2.15. The van der Waals surface area contributed by atoms with Crippen molar-refractivity contribution in [2.75, 3.05) is 6.54 Å². The van der Waals surface area contributed by atoms with Crippen LogP contribution in [0.5, 0.6) is 0 Å². The highest BCUT2D eigenvalue weighted by atomic mass is 14.6. The third kappa shape index (κ3) is 2.93. The normalized spacial score (nSPS) is 14.1. The summed E-state index contributed by atoms with van der Waals surface area (Å²) in [5.41, 5.74) is 13.6. The summed E-state index contributed by atoms with van der Waals surface area (Å²) in [6, 6.07) is 0. The minimum Gasteiger partial charge on any atom is -0.402 e. The van der Waals surface area contributed by atoms with E-state index in [-0.39, 0.29) is 0 Å². The van der Waals surface area contributed by atoms with Crippen LogP contribution in [0.25, 0.3) is 0 Å². The Morgan fingerprint density at radius 3 is 1.64 bits per heavy atom. The van der Waals surface area contributed by atoms with Gasteiger partial charge < -0.3 is 11.5 Å². The fourth-order valence-corrected chi connectivity index (χ4v) is 1.06. The molecule has 0 aliphatic rings. The molecule has 0 amide bonds. The maximum Gasteiger partial charge on any atom is 0.0159 e. The van der Waals surface area contributed by atoms with Gasteiger partial charge in [0.05, 0.1) is 0 Å². The Bertz CT molecular complexity index is 146. The van der Waals surface area contributed by atoms with Gasteiger partial charge in [-0.3, -0.25) is 0 Å². The fourth-order valence-electron chi connectivity index (χ4n) is 1.06. The van der Waals surface area contributed by atoms with Crippen LogP contribution in [-0.2, 0) is 0 Å². The van der Waals surface area contributed by atoms with Crippen LogP contribution in [0.1, 0.15) is 27.7 Å². The number of rotatable bonds is 3. The van der Waals surface area contributed by atoms with Crippen molar-refractivity contribution >= 4 is 0 Å². The molecule has 0 aromatic heterocycles. The third-order valence-electron chi connectivity index (χ3n) is 1.91. The summed E-state index contributed by atoms with van der Waals surface area (Å²) in [7, 11) is 0. The molecule has 2 nitrogen and oxygen atoms in total. The second kappa shape index (κ2) is 4.39. The lowest BCUT2D eigenvalue weighted by molar-refractivity contribution is 0.669. The van der Waals surface area contributed by atoms with Crippen LogP contribution in [0, 0.1) is 11.8 Å². The number of allylic oxidation sites excluding steroid dienone is 1. The Labute approximate surface area is 69.6 Å².